The number of ether oxygens (including phenoxy) is 1. The quantitative estimate of drug-likeness (QED) is 0.268. The lowest BCUT2D eigenvalue weighted by molar-refractivity contribution is -0.131. The van der Waals surface area contributed by atoms with E-state index in [1.165, 1.54) is 44.3 Å². The van der Waals surface area contributed by atoms with Gasteiger partial charge in [0.25, 0.3) is 0 Å². The van der Waals surface area contributed by atoms with E-state index in [2.05, 4.69) is 10.6 Å². The third-order valence-electron chi connectivity index (χ3n) is 6.61. The number of hydrogen-bond donors (Lipinski definition) is 3. The molecule has 0 spiro atoms. The van der Waals surface area contributed by atoms with Gasteiger partial charge in [0, 0.05) is 37.0 Å². The summed E-state index contributed by atoms with van der Waals surface area (Å²) >= 11 is 1.35. The molecule has 2 heterocycles. The molecule has 3 aromatic carbocycles. The highest BCUT2D eigenvalue weighted by Gasteiger charge is 2.27. The maximum Gasteiger partial charge on any atom is 0.411 e. The molecule has 3 amide bonds. The molecule has 10 nitrogen and oxygen atoms in total. The number of rotatable bonds is 5. The van der Waals surface area contributed by atoms with Crippen molar-refractivity contribution in [2.75, 3.05) is 24.3 Å². The third kappa shape index (κ3) is 6.91. The Hall–Kier alpha value is -3.65. The van der Waals surface area contributed by atoms with Gasteiger partial charge in [-0.05, 0) is 65.1 Å². The number of nitrogens with two attached hydrogens (primary N) is 1. The third-order valence-corrected chi connectivity index (χ3v) is 8.95. The Morgan fingerprint density at radius 3 is 2.60 bits per heavy atom. The Labute approximate surface area is 244 Å². The number of anilines is 2. The molecule has 4 bridgehead atoms. The average Bonchev–Trinajstić information content (AvgIpc) is 2.90. The van der Waals surface area contributed by atoms with Crippen molar-refractivity contribution in [3.63, 3.8) is 0 Å². The van der Waals surface area contributed by atoms with E-state index in [-0.39, 0.29) is 24.0 Å². The van der Waals surface area contributed by atoms with Gasteiger partial charge in [-0.25, -0.2) is 13.2 Å². The second-order valence-corrected chi connectivity index (χ2v) is 14.2. The lowest BCUT2D eigenvalue weighted by Gasteiger charge is -2.27. The van der Waals surface area contributed by atoms with Crippen LogP contribution >= 0.6 is 21.2 Å². The largest absolute Gasteiger partial charge is 0.449 e. The molecule has 0 saturated carbocycles. The van der Waals surface area contributed by atoms with E-state index in [1.807, 2.05) is 25.1 Å². The summed E-state index contributed by atoms with van der Waals surface area (Å²) in [6.45, 7) is 2.08. The van der Waals surface area contributed by atoms with Crippen molar-refractivity contribution < 1.29 is 27.5 Å². The summed E-state index contributed by atoms with van der Waals surface area (Å²) in [5.74, 6) is -0.926. The van der Waals surface area contributed by atoms with Crippen LogP contribution in [0.1, 0.15) is 45.6 Å². The van der Waals surface area contributed by atoms with Crippen molar-refractivity contribution in [1.82, 2.24) is 4.90 Å². The van der Waals surface area contributed by atoms with E-state index in [9.17, 15) is 22.8 Å². The highest BCUT2D eigenvalue weighted by atomic mass is 127. The molecule has 0 aliphatic carbocycles. The lowest BCUT2D eigenvalue weighted by atomic mass is 9.95. The molecule has 5 rings (SSSR count). The Kier molecular flexibility index (Phi) is 8.98. The van der Waals surface area contributed by atoms with E-state index < -0.39 is 25.1 Å². The number of primary amides is 1. The van der Waals surface area contributed by atoms with Crippen LogP contribution < -0.4 is 16.4 Å². The first-order chi connectivity index (χ1) is 19.0. The predicted octanol–water partition coefficient (Wildman–Crippen LogP) is 4.39. The molecule has 12 heteroatoms. The van der Waals surface area contributed by atoms with E-state index in [4.69, 9.17) is 10.5 Å². The van der Waals surface area contributed by atoms with Crippen molar-refractivity contribution in [3.8, 4) is 0 Å². The molecule has 0 saturated heterocycles. The average molecular weight is 677 g/mol. The minimum atomic E-state index is -3.67. The first-order valence-corrected chi connectivity index (χ1v) is 16.5. The number of likely N-dealkylation sites (N-methyl/N-ethyl adjacent to an activating group) is 1. The van der Waals surface area contributed by atoms with Crippen molar-refractivity contribution in [1.29, 1.82) is 0 Å². The normalized spacial score (nSPS) is 16.3. The van der Waals surface area contributed by atoms with Crippen LogP contribution in [-0.4, -0.2) is 44.9 Å². The minimum Gasteiger partial charge on any atom is -0.449 e. The number of hydrogen-bond acceptors (Lipinski definition) is 7. The van der Waals surface area contributed by atoms with Gasteiger partial charge >= 0.3 is 6.09 Å². The van der Waals surface area contributed by atoms with Crippen molar-refractivity contribution in [2.45, 2.75) is 37.2 Å². The molecule has 1 unspecified atom stereocenters. The van der Waals surface area contributed by atoms with Gasteiger partial charge in [0.2, 0.25) is 18.8 Å². The number of carbonyl (C=O) groups excluding carboxylic acids is 3. The van der Waals surface area contributed by atoms with Crippen molar-refractivity contribution in [3.05, 3.63) is 88.5 Å². The zero-order valence-electron chi connectivity index (χ0n) is 21.9. The summed E-state index contributed by atoms with van der Waals surface area (Å²) in [6, 6.07) is 15.8. The van der Waals surface area contributed by atoms with Gasteiger partial charge in [0.15, 0.2) is 0 Å². The van der Waals surface area contributed by atoms with Crippen LogP contribution in [0.4, 0.5) is 16.2 Å². The first-order valence-electron chi connectivity index (χ1n) is 12.5. The fraction of sp³-hybridized carbons (Fsp3) is 0.250. The molecule has 3 aromatic rings. The van der Waals surface area contributed by atoms with Gasteiger partial charge in [-0.2, -0.15) is 0 Å². The first kappa shape index (κ1) is 29.3. The highest BCUT2D eigenvalue weighted by molar-refractivity contribution is 14.2. The van der Waals surface area contributed by atoms with Crippen molar-refractivity contribution in [2.24, 2.45) is 5.73 Å². The monoisotopic (exact) mass is 676 g/mol. The zero-order chi connectivity index (χ0) is 29.0. The van der Waals surface area contributed by atoms with Crippen LogP contribution in [0.2, 0.25) is 0 Å². The van der Waals surface area contributed by atoms with Crippen LogP contribution in [0.15, 0.2) is 65.6 Å². The number of halogens is 1. The summed E-state index contributed by atoms with van der Waals surface area (Å²) in [5.41, 5.74) is 9.60. The molecule has 2 aliphatic rings. The Bertz CT molecular complexity index is 1580. The predicted molar refractivity (Wildman–Crippen MR) is 160 cm³/mol. The molecule has 210 valence electrons. The summed E-state index contributed by atoms with van der Waals surface area (Å²) in [5, 5.41) is 5.88. The van der Waals surface area contributed by atoms with E-state index in [1.54, 1.807) is 31.3 Å². The Morgan fingerprint density at radius 2 is 1.90 bits per heavy atom. The summed E-state index contributed by atoms with van der Waals surface area (Å²) in [6.07, 6.45) is 0.496. The van der Waals surface area contributed by atoms with Crippen LogP contribution in [-0.2, 0) is 35.9 Å². The minimum absolute atomic E-state index is 0.0316. The number of carbonyl (C=O) groups is 3. The summed E-state index contributed by atoms with van der Waals surface area (Å²) in [4.78, 5) is 39.6. The zero-order valence-corrected chi connectivity index (χ0v) is 24.9. The summed E-state index contributed by atoms with van der Waals surface area (Å²) < 4.78 is 30.4. The van der Waals surface area contributed by atoms with Gasteiger partial charge in [-0.3, -0.25) is 14.9 Å². The number of aryl methyl sites for hydroxylation is 1. The molecule has 1 atom stereocenters. The maximum atomic E-state index is 14.0. The SMILES string of the molecule is CCc1cc2ccc1CCOC(=O)Nc1ccc(S(=O)(=O)I)c(c1)CN(C)C(=O)C2Nc1cccc(C(N)=O)c1. The smallest absolute Gasteiger partial charge is 0.411 e. The number of amides is 3. The van der Waals surface area contributed by atoms with Gasteiger partial charge < -0.3 is 20.7 Å². The second-order valence-electron chi connectivity index (χ2n) is 9.37. The van der Waals surface area contributed by atoms with Gasteiger partial charge in [-0.1, -0.05) is 31.2 Å². The van der Waals surface area contributed by atoms with Gasteiger partial charge in [0.1, 0.15) is 6.04 Å². The Morgan fingerprint density at radius 1 is 1.12 bits per heavy atom. The van der Waals surface area contributed by atoms with E-state index in [0.29, 0.717) is 40.9 Å². The van der Waals surface area contributed by atoms with Crippen LogP contribution in [0.25, 0.3) is 0 Å². The van der Waals surface area contributed by atoms with Crippen molar-refractivity contribution >= 4 is 57.5 Å². The van der Waals surface area contributed by atoms with Crippen LogP contribution in [0.5, 0.6) is 0 Å². The van der Waals surface area contributed by atoms with E-state index in [0.717, 1.165) is 11.1 Å². The fourth-order valence-electron chi connectivity index (χ4n) is 4.60. The Balaban J connectivity index is 1.81. The number of nitrogens with one attached hydrogen (secondary N) is 2. The molecule has 0 fully saturated rings. The van der Waals surface area contributed by atoms with E-state index >= 15 is 0 Å². The summed E-state index contributed by atoms with van der Waals surface area (Å²) in [7, 11) is -2.09. The highest BCUT2D eigenvalue weighted by Crippen LogP contribution is 2.29. The van der Waals surface area contributed by atoms with Gasteiger partial charge in [0.05, 0.1) is 32.7 Å². The number of benzene rings is 3. The maximum absolute atomic E-state index is 14.0. The molecular formula is C28H29IN4O6S. The molecular weight excluding hydrogens is 647 g/mol. The molecule has 0 aromatic heterocycles. The molecule has 0 radical (unpaired) electrons. The van der Waals surface area contributed by atoms with Crippen LogP contribution in [0, 0.1) is 0 Å². The second kappa shape index (κ2) is 12.3. The molecule has 4 N–H and O–H groups in total. The fourth-order valence-corrected chi connectivity index (χ4v) is 6.55. The van der Waals surface area contributed by atoms with Gasteiger partial charge in [-0.15, -0.1) is 0 Å². The molecule has 2 aliphatic heterocycles. The number of fused-ring (bicyclic) bond motifs is 9. The number of nitrogens with zero attached hydrogens (tertiary/aromatic N) is 1. The lowest BCUT2D eigenvalue weighted by Crippen LogP contribution is -2.35. The van der Waals surface area contributed by atoms with Crippen LogP contribution in [0.3, 0.4) is 0 Å². The molecule has 40 heavy (non-hydrogen) atoms. The topological polar surface area (TPSA) is 148 Å². The standard InChI is InChI=1S/C28H29IN4O6S/c1-3-17-13-19-8-7-18(17)11-12-39-28(36)32-23-9-10-24(40(29,37)38)21(15-23)16-33(2)27(35)25(19)31-22-6-4-5-20(14-22)26(30)34/h4-10,13-15,25,31H,3,11-12,16H2,1-2H3,(H2,30,34)(H,32,36).